The van der Waals surface area contributed by atoms with E-state index in [0.717, 1.165) is 12.1 Å². The van der Waals surface area contributed by atoms with Crippen molar-refractivity contribution in [2.24, 2.45) is 5.10 Å². The number of ether oxygens (including phenoxy) is 1. The van der Waals surface area contributed by atoms with E-state index in [1.165, 1.54) is 18.3 Å². The van der Waals surface area contributed by atoms with Gasteiger partial charge in [0.15, 0.2) is 0 Å². The molecule has 0 spiro atoms. The largest absolute Gasteiger partial charge is 0.423 e. The maximum Gasteiger partial charge on any atom is 0.343 e. The molecule has 0 heterocycles. The first kappa shape index (κ1) is 20.4. The average molecular weight is 405 g/mol. The number of amides is 2. The Hall–Kier alpha value is -4.33. The minimum atomic E-state index is -0.982. The third-order valence-electron chi connectivity index (χ3n) is 3.79. The summed E-state index contributed by atoms with van der Waals surface area (Å²) in [5, 5.41) is 6.02. The summed E-state index contributed by atoms with van der Waals surface area (Å²) in [6.45, 7) is 0. The first-order valence-electron chi connectivity index (χ1n) is 8.78. The van der Waals surface area contributed by atoms with Crippen molar-refractivity contribution < 1.29 is 23.5 Å². The van der Waals surface area contributed by atoms with Gasteiger partial charge in [-0.3, -0.25) is 9.59 Å². The van der Waals surface area contributed by atoms with Gasteiger partial charge in [-0.25, -0.2) is 14.6 Å². The second kappa shape index (κ2) is 9.74. The van der Waals surface area contributed by atoms with Gasteiger partial charge in [0.1, 0.15) is 11.6 Å². The van der Waals surface area contributed by atoms with Crippen LogP contribution in [0.1, 0.15) is 15.9 Å². The van der Waals surface area contributed by atoms with Crippen LogP contribution >= 0.6 is 0 Å². The molecule has 7 nitrogen and oxygen atoms in total. The van der Waals surface area contributed by atoms with E-state index in [1.807, 2.05) is 0 Å². The zero-order valence-corrected chi connectivity index (χ0v) is 15.5. The number of carbonyl (C=O) groups is 3. The molecule has 0 saturated heterocycles. The molecule has 3 aromatic carbocycles. The molecule has 2 N–H and O–H groups in total. The third kappa shape index (κ3) is 5.83. The molecule has 150 valence electrons. The Morgan fingerprint density at radius 3 is 2.17 bits per heavy atom. The predicted octanol–water partition coefficient (Wildman–Crippen LogP) is 3.13. The number of hydrogen-bond donors (Lipinski definition) is 2. The summed E-state index contributed by atoms with van der Waals surface area (Å²) in [6, 6.07) is 20.0. The number of halogens is 1. The van der Waals surface area contributed by atoms with Crippen LogP contribution in [-0.2, 0) is 9.59 Å². The molecule has 0 saturated carbocycles. The fourth-order valence-electron chi connectivity index (χ4n) is 2.30. The Balaban J connectivity index is 1.49. The number of nitrogens with one attached hydrogen (secondary N) is 2. The maximum absolute atomic E-state index is 12.8. The van der Waals surface area contributed by atoms with Crippen LogP contribution < -0.4 is 15.5 Å². The van der Waals surface area contributed by atoms with Crippen molar-refractivity contribution in [2.45, 2.75) is 0 Å². The van der Waals surface area contributed by atoms with Gasteiger partial charge in [0.25, 0.3) is 0 Å². The number of hydrazone groups is 1. The Kier molecular flexibility index (Phi) is 6.63. The zero-order chi connectivity index (χ0) is 21.3. The number of hydrogen-bond acceptors (Lipinski definition) is 5. The number of nitrogens with zero attached hydrogens (tertiary/aromatic N) is 1. The SMILES string of the molecule is O=C(NN=Cc1ccc(OC(=O)c2ccccc2)cc1)C(=O)Nc1ccc(F)cc1. The van der Waals surface area contributed by atoms with Gasteiger partial charge in [-0.2, -0.15) is 5.10 Å². The molecule has 0 unspecified atom stereocenters. The standard InChI is InChI=1S/C22H16FN3O4/c23-17-8-10-18(11-9-17)25-20(27)21(28)26-24-14-15-6-12-19(13-7-15)30-22(29)16-4-2-1-3-5-16/h1-14H,(H,25,27)(H,26,28). The molecule has 0 bridgehead atoms. The van der Waals surface area contributed by atoms with Crippen LogP contribution in [0.15, 0.2) is 84.0 Å². The molecule has 0 aromatic heterocycles. The maximum atomic E-state index is 12.8. The number of carbonyl (C=O) groups excluding carboxylic acids is 3. The minimum absolute atomic E-state index is 0.279. The summed E-state index contributed by atoms with van der Waals surface area (Å²) >= 11 is 0. The van der Waals surface area contributed by atoms with Crippen LogP contribution in [0.4, 0.5) is 10.1 Å². The van der Waals surface area contributed by atoms with Gasteiger partial charge in [-0.05, 0) is 66.2 Å². The van der Waals surface area contributed by atoms with Crippen molar-refractivity contribution in [3.8, 4) is 5.75 Å². The fraction of sp³-hybridized carbons (Fsp3) is 0. The minimum Gasteiger partial charge on any atom is -0.423 e. The third-order valence-corrected chi connectivity index (χ3v) is 3.79. The topological polar surface area (TPSA) is 96.9 Å². The molecule has 0 fully saturated rings. The van der Waals surface area contributed by atoms with Gasteiger partial charge < -0.3 is 10.1 Å². The van der Waals surface area contributed by atoms with E-state index in [4.69, 9.17) is 4.74 Å². The predicted molar refractivity (Wildman–Crippen MR) is 109 cm³/mol. The average Bonchev–Trinajstić information content (AvgIpc) is 2.77. The Bertz CT molecular complexity index is 1070. The lowest BCUT2D eigenvalue weighted by atomic mass is 10.2. The van der Waals surface area contributed by atoms with E-state index in [9.17, 15) is 18.8 Å². The van der Waals surface area contributed by atoms with Crippen LogP contribution in [0, 0.1) is 5.82 Å². The second-order valence-corrected chi connectivity index (χ2v) is 5.98. The van der Waals surface area contributed by atoms with Crippen molar-refractivity contribution in [3.05, 3.63) is 95.8 Å². The summed E-state index contributed by atoms with van der Waals surface area (Å²) in [6.07, 6.45) is 1.33. The van der Waals surface area contributed by atoms with Gasteiger partial charge in [0, 0.05) is 5.69 Å². The Morgan fingerprint density at radius 2 is 1.50 bits per heavy atom. The van der Waals surface area contributed by atoms with Gasteiger partial charge >= 0.3 is 17.8 Å². The van der Waals surface area contributed by atoms with Crippen molar-refractivity contribution in [1.82, 2.24) is 5.43 Å². The van der Waals surface area contributed by atoms with Crippen LogP contribution in [-0.4, -0.2) is 24.0 Å². The summed E-state index contributed by atoms with van der Waals surface area (Å²) < 4.78 is 18.1. The van der Waals surface area contributed by atoms with Crippen molar-refractivity contribution in [2.75, 3.05) is 5.32 Å². The van der Waals surface area contributed by atoms with Crippen molar-refractivity contribution >= 4 is 29.7 Å². The summed E-state index contributed by atoms with van der Waals surface area (Å²) in [4.78, 5) is 35.5. The molecule has 30 heavy (non-hydrogen) atoms. The van der Waals surface area contributed by atoms with E-state index < -0.39 is 23.6 Å². The molecule has 3 aromatic rings. The van der Waals surface area contributed by atoms with Crippen LogP contribution in [0.5, 0.6) is 5.75 Å². The first-order chi connectivity index (χ1) is 14.5. The monoisotopic (exact) mass is 405 g/mol. The van der Waals surface area contributed by atoms with Crippen LogP contribution in [0.2, 0.25) is 0 Å². The van der Waals surface area contributed by atoms with Gasteiger partial charge in [-0.1, -0.05) is 18.2 Å². The Morgan fingerprint density at radius 1 is 0.833 bits per heavy atom. The smallest absolute Gasteiger partial charge is 0.343 e. The molecular formula is C22H16FN3O4. The quantitative estimate of drug-likeness (QED) is 0.224. The molecule has 3 rings (SSSR count). The summed E-state index contributed by atoms with van der Waals surface area (Å²) in [5.74, 6) is -2.51. The molecule has 8 heteroatoms. The second-order valence-electron chi connectivity index (χ2n) is 5.98. The molecule has 2 amide bonds. The van der Waals surface area contributed by atoms with Crippen molar-refractivity contribution in [3.63, 3.8) is 0 Å². The first-order valence-corrected chi connectivity index (χ1v) is 8.78. The summed E-state index contributed by atoms with van der Waals surface area (Å²) in [7, 11) is 0. The molecule has 0 radical (unpaired) electrons. The number of anilines is 1. The number of rotatable bonds is 5. The van der Waals surface area contributed by atoms with E-state index in [-0.39, 0.29) is 5.69 Å². The lowest BCUT2D eigenvalue weighted by Crippen LogP contribution is -2.32. The number of esters is 1. The number of benzene rings is 3. The molecule has 0 atom stereocenters. The molecule has 0 aliphatic carbocycles. The molecule has 0 aliphatic rings. The van der Waals surface area contributed by atoms with E-state index in [2.05, 4.69) is 15.8 Å². The van der Waals surface area contributed by atoms with Gasteiger partial charge in [0.05, 0.1) is 11.8 Å². The van der Waals surface area contributed by atoms with E-state index in [1.54, 1.807) is 54.6 Å². The van der Waals surface area contributed by atoms with E-state index in [0.29, 0.717) is 16.9 Å². The Labute approximate surface area is 171 Å². The highest BCUT2D eigenvalue weighted by molar-refractivity contribution is 6.39. The highest BCUT2D eigenvalue weighted by Gasteiger charge is 2.12. The molecular weight excluding hydrogens is 389 g/mol. The van der Waals surface area contributed by atoms with Gasteiger partial charge in [0.2, 0.25) is 0 Å². The lowest BCUT2D eigenvalue weighted by Gasteiger charge is -2.04. The normalized spacial score (nSPS) is 10.4. The van der Waals surface area contributed by atoms with Crippen molar-refractivity contribution in [1.29, 1.82) is 0 Å². The zero-order valence-electron chi connectivity index (χ0n) is 15.5. The fourth-order valence-corrected chi connectivity index (χ4v) is 2.30. The summed E-state index contributed by atoms with van der Waals surface area (Å²) in [5.41, 5.74) is 3.41. The van der Waals surface area contributed by atoms with E-state index >= 15 is 0 Å². The van der Waals surface area contributed by atoms with Crippen LogP contribution in [0.25, 0.3) is 0 Å². The highest BCUT2D eigenvalue weighted by atomic mass is 19.1. The molecule has 0 aliphatic heterocycles. The lowest BCUT2D eigenvalue weighted by molar-refractivity contribution is -0.136. The van der Waals surface area contributed by atoms with Gasteiger partial charge in [-0.15, -0.1) is 0 Å². The highest BCUT2D eigenvalue weighted by Crippen LogP contribution is 2.13. The van der Waals surface area contributed by atoms with Crippen LogP contribution in [0.3, 0.4) is 0 Å².